The van der Waals surface area contributed by atoms with Crippen molar-refractivity contribution < 1.29 is 14.3 Å². The molecular formula is C20H27N3O3S. The van der Waals surface area contributed by atoms with Crippen molar-refractivity contribution in [3.63, 3.8) is 0 Å². The maximum Gasteiger partial charge on any atom is 0.355 e. The number of aryl methyl sites for hydroxylation is 2. The summed E-state index contributed by atoms with van der Waals surface area (Å²) in [7, 11) is 1.69. The molecule has 0 atom stereocenters. The van der Waals surface area contributed by atoms with Crippen LogP contribution >= 0.6 is 11.3 Å². The normalized spacial score (nSPS) is 10.7. The zero-order valence-corrected chi connectivity index (χ0v) is 17.4. The molecule has 0 unspecified atom stereocenters. The van der Waals surface area contributed by atoms with Gasteiger partial charge in [0.2, 0.25) is 0 Å². The number of unbranched alkanes of at least 4 members (excludes halogenated alkanes) is 1. The lowest BCUT2D eigenvalue weighted by molar-refractivity contribution is 0.0739. The monoisotopic (exact) mass is 389 g/mol. The topological polar surface area (TPSA) is 71.5 Å². The van der Waals surface area contributed by atoms with Crippen LogP contribution in [0.2, 0.25) is 0 Å². The number of hydrogen-bond donors (Lipinski definition) is 1. The number of nitrogens with one attached hydrogen (secondary N) is 1. The van der Waals surface area contributed by atoms with E-state index >= 15 is 0 Å². The number of aromatic nitrogens is 1. The average Bonchev–Trinajstić information content (AvgIpc) is 3.00. The first-order chi connectivity index (χ1) is 12.8. The predicted molar refractivity (Wildman–Crippen MR) is 109 cm³/mol. The smallest absolute Gasteiger partial charge is 0.355 e. The van der Waals surface area contributed by atoms with Crippen molar-refractivity contribution in [3.8, 4) is 5.75 Å². The standard InChI is InChI=1S/C20H27N3O3S/c1-6-7-8-17-22-14(4)18(27-17)19(24)26-16-11-9-15(10-12-16)23(5)20(25)21-13(2)3/h9-13H,6-8H2,1-5H3,(H,21,25). The Bertz CT molecular complexity index is 784. The number of anilines is 1. The average molecular weight is 390 g/mol. The van der Waals surface area contributed by atoms with Gasteiger partial charge in [-0.2, -0.15) is 0 Å². The molecule has 27 heavy (non-hydrogen) atoms. The molecule has 1 aromatic heterocycles. The van der Waals surface area contributed by atoms with Gasteiger partial charge in [0.1, 0.15) is 10.6 Å². The SMILES string of the molecule is CCCCc1nc(C)c(C(=O)Oc2ccc(N(C)C(=O)NC(C)C)cc2)s1. The molecule has 6 nitrogen and oxygen atoms in total. The molecular weight excluding hydrogens is 362 g/mol. The minimum Gasteiger partial charge on any atom is -0.422 e. The van der Waals surface area contributed by atoms with Crippen molar-refractivity contribution in [1.82, 2.24) is 10.3 Å². The van der Waals surface area contributed by atoms with E-state index in [9.17, 15) is 9.59 Å². The summed E-state index contributed by atoms with van der Waals surface area (Å²) in [6.45, 7) is 7.77. The Hall–Kier alpha value is -2.41. The summed E-state index contributed by atoms with van der Waals surface area (Å²) in [5.74, 6) is 0.0377. The number of thiazole rings is 1. The van der Waals surface area contributed by atoms with Crippen LogP contribution in [0.25, 0.3) is 0 Å². The Balaban J connectivity index is 2.02. The largest absolute Gasteiger partial charge is 0.422 e. The van der Waals surface area contributed by atoms with Crippen LogP contribution in [-0.4, -0.2) is 30.1 Å². The molecule has 1 heterocycles. The van der Waals surface area contributed by atoms with Crippen molar-refractivity contribution in [2.45, 2.75) is 53.0 Å². The Labute approximate surface area is 164 Å². The van der Waals surface area contributed by atoms with Gasteiger partial charge in [0.15, 0.2) is 0 Å². The Kier molecular flexibility index (Phi) is 7.36. The van der Waals surface area contributed by atoms with E-state index < -0.39 is 5.97 Å². The van der Waals surface area contributed by atoms with Crippen molar-refractivity contribution in [2.75, 3.05) is 11.9 Å². The van der Waals surface area contributed by atoms with Gasteiger partial charge in [0.05, 0.1) is 10.7 Å². The molecule has 0 saturated carbocycles. The summed E-state index contributed by atoms with van der Waals surface area (Å²) in [6.07, 6.45) is 3.03. The van der Waals surface area contributed by atoms with Gasteiger partial charge >= 0.3 is 12.0 Å². The molecule has 0 saturated heterocycles. The van der Waals surface area contributed by atoms with E-state index in [4.69, 9.17) is 4.74 Å². The van der Waals surface area contributed by atoms with Gasteiger partial charge in [-0.15, -0.1) is 11.3 Å². The molecule has 0 aliphatic rings. The maximum atomic E-state index is 12.4. The lowest BCUT2D eigenvalue weighted by Crippen LogP contribution is -2.40. The van der Waals surface area contributed by atoms with Crippen LogP contribution in [0.1, 0.15) is 54.0 Å². The fourth-order valence-corrected chi connectivity index (χ4v) is 3.41. The number of hydrogen-bond acceptors (Lipinski definition) is 5. The number of esters is 1. The lowest BCUT2D eigenvalue weighted by Gasteiger charge is -2.19. The van der Waals surface area contributed by atoms with E-state index in [0.29, 0.717) is 22.0 Å². The molecule has 0 spiro atoms. The van der Waals surface area contributed by atoms with Gasteiger partial charge in [-0.1, -0.05) is 13.3 Å². The second kappa shape index (κ2) is 9.50. The van der Waals surface area contributed by atoms with E-state index in [1.807, 2.05) is 20.8 Å². The molecule has 0 aliphatic carbocycles. The van der Waals surface area contributed by atoms with Crippen molar-refractivity contribution in [1.29, 1.82) is 0 Å². The highest BCUT2D eigenvalue weighted by molar-refractivity contribution is 7.13. The number of benzene rings is 1. The second-order valence-electron chi connectivity index (χ2n) is 6.67. The van der Waals surface area contributed by atoms with Crippen LogP contribution < -0.4 is 15.0 Å². The number of amides is 2. The number of rotatable bonds is 7. The zero-order chi connectivity index (χ0) is 20.0. The number of nitrogens with zero attached hydrogens (tertiary/aromatic N) is 2. The summed E-state index contributed by atoms with van der Waals surface area (Å²) in [6, 6.07) is 6.73. The van der Waals surface area contributed by atoms with Gasteiger partial charge in [-0.05, 0) is 57.9 Å². The van der Waals surface area contributed by atoms with Gasteiger partial charge < -0.3 is 10.1 Å². The van der Waals surface area contributed by atoms with E-state index in [2.05, 4.69) is 17.2 Å². The van der Waals surface area contributed by atoms with E-state index in [0.717, 1.165) is 24.3 Å². The minimum absolute atomic E-state index is 0.0602. The Morgan fingerprint density at radius 1 is 1.26 bits per heavy atom. The highest BCUT2D eigenvalue weighted by Crippen LogP contribution is 2.24. The summed E-state index contributed by atoms with van der Waals surface area (Å²) in [5, 5.41) is 3.80. The molecule has 0 aliphatic heterocycles. The first-order valence-electron chi connectivity index (χ1n) is 9.14. The molecule has 146 valence electrons. The van der Waals surface area contributed by atoms with E-state index in [1.54, 1.807) is 31.3 Å². The molecule has 2 aromatic rings. The van der Waals surface area contributed by atoms with Crippen molar-refractivity contribution in [3.05, 3.63) is 39.8 Å². The lowest BCUT2D eigenvalue weighted by atomic mass is 10.2. The van der Waals surface area contributed by atoms with Crippen LogP contribution in [0.15, 0.2) is 24.3 Å². The fraction of sp³-hybridized carbons (Fsp3) is 0.450. The predicted octanol–water partition coefficient (Wildman–Crippen LogP) is 4.57. The molecule has 0 fully saturated rings. The van der Waals surface area contributed by atoms with Crippen LogP contribution in [0, 0.1) is 6.92 Å². The molecule has 0 radical (unpaired) electrons. The van der Waals surface area contributed by atoms with Gasteiger partial charge in [0.25, 0.3) is 0 Å². The highest BCUT2D eigenvalue weighted by atomic mass is 32.1. The second-order valence-corrected chi connectivity index (χ2v) is 7.76. The Morgan fingerprint density at radius 2 is 1.93 bits per heavy atom. The third kappa shape index (κ3) is 5.79. The van der Waals surface area contributed by atoms with Crippen LogP contribution in [0.4, 0.5) is 10.5 Å². The number of ether oxygens (including phenoxy) is 1. The molecule has 7 heteroatoms. The molecule has 1 aromatic carbocycles. The van der Waals surface area contributed by atoms with Gasteiger partial charge in [0, 0.05) is 18.8 Å². The summed E-state index contributed by atoms with van der Waals surface area (Å²) in [5.41, 5.74) is 1.42. The number of carbonyl (C=O) groups is 2. The first kappa shape index (κ1) is 20.9. The van der Waals surface area contributed by atoms with E-state index in [-0.39, 0.29) is 12.1 Å². The van der Waals surface area contributed by atoms with Gasteiger partial charge in [-0.25, -0.2) is 14.6 Å². The summed E-state index contributed by atoms with van der Waals surface area (Å²) < 4.78 is 5.47. The van der Waals surface area contributed by atoms with Crippen molar-refractivity contribution >= 4 is 29.0 Å². The van der Waals surface area contributed by atoms with Crippen LogP contribution in [-0.2, 0) is 6.42 Å². The first-order valence-corrected chi connectivity index (χ1v) is 9.96. The molecule has 1 N–H and O–H groups in total. The quantitative estimate of drug-likeness (QED) is 0.556. The Morgan fingerprint density at radius 3 is 2.52 bits per heavy atom. The molecule has 2 rings (SSSR count). The third-order valence-corrected chi connectivity index (χ3v) is 5.12. The highest BCUT2D eigenvalue weighted by Gasteiger charge is 2.18. The third-order valence-electron chi connectivity index (χ3n) is 3.92. The number of carbonyl (C=O) groups excluding carboxylic acids is 2. The molecule has 0 bridgehead atoms. The van der Waals surface area contributed by atoms with Crippen LogP contribution in [0.5, 0.6) is 5.75 Å². The number of urea groups is 1. The minimum atomic E-state index is -0.397. The van der Waals surface area contributed by atoms with Crippen LogP contribution in [0.3, 0.4) is 0 Å². The van der Waals surface area contributed by atoms with E-state index in [1.165, 1.54) is 16.2 Å². The van der Waals surface area contributed by atoms with Gasteiger partial charge in [-0.3, -0.25) is 4.90 Å². The zero-order valence-electron chi connectivity index (χ0n) is 16.5. The fourth-order valence-electron chi connectivity index (χ4n) is 2.43. The van der Waals surface area contributed by atoms with Crippen molar-refractivity contribution in [2.24, 2.45) is 0 Å². The molecule has 2 amide bonds. The summed E-state index contributed by atoms with van der Waals surface area (Å²) in [4.78, 5) is 31.0. The maximum absolute atomic E-state index is 12.4. The summed E-state index contributed by atoms with van der Waals surface area (Å²) >= 11 is 1.40.